The van der Waals surface area contributed by atoms with E-state index >= 15 is 0 Å². The summed E-state index contributed by atoms with van der Waals surface area (Å²) in [6, 6.07) is 11.2. The molecule has 122 valence electrons. The number of nitrogens with zero attached hydrogens (tertiary/aromatic N) is 1. The predicted octanol–water partition coefficient (Wildman–Crippen LogP) is 3.66. The van der Waals surface area contributed by atoms with Crippen molar-refractivity contribution < 1.29 is 12.8 Å². The summed E-state index contributed by atoms with van der Waals surface area (Å²) in [6.07, 6.45) is 4.54. The SMILES string of the molecule is O=S(=O)(Nc1ccc2c(c1)CCC2)c1ccc(F)c2ncccc12. The Morgan fingerprint density at radius 1 is 1.04 bits per heavy atom. The summed E-state index contributed by atoms with van der Waals surface area (Å²) in [7, 11) is -3.83. The standard InChI is InChI=1S/C18H15FN2O2S/c19-16-8-9-17(15-5-2-10-20-18(15)16)24(22,23)21-14-7-6-12-3-1-4-13(12)11-14/h2,5-11,21H,1,3-4H2. The summed E-state index contributed by atoms with van der Waals surface area (Å²) in [6.45, 7) is 0. The first kappa shape index (κ1) is 15.1. The van der Waals surface area contributed by atoms with E-state index in [-0.39, 0.29) is 15.8 Å². The number of aromatic nitrogens is 1. The molecular formula is C18H15FN2O2S. The van der Waals surface area contributed by atoms with Crippen LogP contribution in [0.3, 0.4) is 0 Å². The second-order valence-electron chi connectivity index (χ2n) is 5.89. The first-order valence-corrected chi connectivity index (χ1v) is 9.21. The fourth-order valence-electron chi connectivity index (χ4n) is 3.19. The van der Waals surface area contributed by atoms with Gasteiger partial charge < -0.3 is 0 Å². The van der Waals surface area contributed by atoms with Crippen LogP contribution in [0.4, 0.5) is 10.1 Å². The largest absolute Gasteiger partial charge is 0.280 e. The molecule has 1 aliphatic rings. The zero-order chi connectivity index (χ0) is 16.7. The quantitative estimate of drug-likeness (QED) is 0.790. The van der Waals surface area contributed by atoms with E-state index in [9.17, 15) is 12.8 Å². The topological polar surface area (TPSA) is 59.1 Å². The van der Waals surface area contributed by atoms with Crippen LogP contribution < -0.4 is 4.72 Å². The molecule has 24 heavy (non-hydrogen) atoms. The molecule has 1 N–H and O–H groups in total. The van der Waals surface area contributed by atoms with E-state index in [1.165, 1.54) is 23.4 Å². The lowest BCUT2D eigenvalue weighted by Gasteiger charge is -2.12. The van der Waals surface area contributed by atoms with Gasteiger partial charge in [-0.1, -0.05) is 6.07 Å². The molecule has 6 heteroatoms. The van der Waals surface area contributed by atoms with Crippen LogP contribution in [0.15, 0.2) is 53.6 Å². The lowest BCUT2D eigenvalue weighted by atomic mass is 10.1. The van der Waals surface area contributed by atoms with Gasteiger partial charge in [0.05, 0.1) is 4.90 Å². The third-order valence-electron chi connectivity index (χ3n) is 4.32. The monoisotopic (exact) mass is 342 g/mol. The van der Waals surface area contributed by atoms with Crippen molar-refractivity contribution in [2.45, 2.75) is 24.2 Å². The highest BCUT2D eigenvalue weighted by molar-refractivity contribution is 7.93. The van der Waals surface area contributed by atoms with Crippen molar-refractivity contribution in [2.75, 3.05) is 4.72 Å². The van der Waals surface area contributed by atoms with Gasteiger partial charge in [-0.25, -0.2) is 12.8 Å². The van der Waals surface area contributed by atoms with Gasteiger partial charge in [0.25, 0.3) is 10.0 Å². The third-order valence-corrected chi connectivity index (χ3v) is 5.76. The van der Waals surface area contributed by atoms with Crippen molar-refractivity contribution >= 4 is 26.6 Å². The minimum absolute atomic E-state index is 0.0208. The number of hydrogen-bond acceptors (Lipinski definition) is 3. The molecule has 0 radical (unpaired) electrons. The molecule has 1 heterocycles. The first-order valence-electron chi connectivity index (χ1n) is 7.72. The highest BCUT2D eigenvalue weighted by Gasteiger charge is 2.20. The van der Waals surface area contributed by atoms with Crippen molar-refractivity contribution in [3.63, 3.8) is 0 Å². The Hall–Kier alpha value is -2.47. The van der Waals surface area contributed by atoms with Gasteiger partial charge in [0.2, 0.25) is 0 Å². The molecule has 4 rings (SSSR count). The fraction of sp³-hybridized carbons (Fsp3) is 0.167. The normalized spacial score (nSPS) is 13.9. The first-order chi connectivity index (χ1) is 11.5. The van der Waals surface area contributed by atoms with Gasteiger partial charge in [-0.3, -0.25) is 9.71 Å². The second kappa shape index (κ2) is 5.56. The minimum atomic E-state index is -3.83. The molecule has 1 aromatic heterocycles. The molecule has 2 aromatic carbocycles. The van der Waals surface area contributed by atoms with Gasteiger partial charge in [-0.15, -0.1) is 0 Å². The van der Waals surface area contributed by atoms with E-state index in [0.717, 1.165) is 25.3 Å². The van der Waals surface area contributed by atoms with Crippen LogP contribution in [0, 0.1) is 5.82 Å². The summed E-state index contributed by atoms with van der Waals surface area (Å²) in [4.78, 5) is 3.96. The number of pyridine rings is 1. The Morgan fingerprint density at radius 3 is 2.75 bits per heavy atom. The lowest BCUT2D eigenvalue weighted by molar-refractivity contribution is 0.601. The Bertz CT molecular complexity index is 1050. The molecule has 0 bridgehead atoms. The molecule has 3 aromatic rings. The number of nitrogens with one attached hydrogen (secondary N) is 1. The number of sulfonamides is 1. The van der Waals surface area contributed by atoms with Crippen molar-refractivity contribution in [3.8, 4) is 0 Å². The molecule has 0 atom stereocenters. The van der Waals surface area contributed by atoms with E-state index in [1.807, 2.05) is 12.1 Å². The Balaban J connectivity index is 1.77. The Morgan fingerprint density at radius 2 is 1.88 bits per heavy atom. The molecule has 0 spiro atoms. The fourth-order valence-corrected chi connectivity index (χ4v) is 4.44. The zero-order valence-electron chi connectivity index (χ0n) is 12.8. The van der Waals surface area contributed by atoms with Crippen molar-refractivity contribution in [3.05, 3.63) is 65.6 Å². The van der Waals surface area contributed by atoms with Crippen molar-refractivity contribution in [1.29, 1.82) is 0 Å². The van der Waals surface area contributed by atoms with Crippen molar-refractivity contribution in [2.24, 2.45) is 0 Å². The number of anilines is 1. The molecule has 0 fully saturated rings. The van der Waals surface area contributed by atoms with Crippen LogP contribution >= 0.6 is 0 Å². The van der Waals surface area contributed by atoms with E-state index in [0.29, 0.717) is 5.69 Å². The average Bonchev–Trinajstić information content (AvgIpc) is 3.02. The molecule has 4 nitrogen and oxygen atoms in total. The maximum absolute atomic E-state index is 13.9. The van der Waals surface area contributed by atoms with Crippen molar-refractivity contribution in [1.82, 2.24) is 4.98 Å². The van der Waals surface area contributed by atoms with Crippen LogP contribution in [0.25, 0.3) is 10.9 Å². The number of hydrogen-bond donors (Lipinski definition) is 1. The maximum Gasteiger partial charge on any atom is 0.262 e. The van der Waals surface area contributed by atoms with Crippen LogP contribution in [0.5, 0.6) is 0 Å². The maximum atomic E-state index is 13.9. The lowest BCUT2D eigenvalue weighted by Crippen LogP contribution is -2.14. The van der Waals surface area contributed by atoms with E-state index in [2.05, 4.69) is 9.71 Å². The van der Waals surface area contributed by atoms with Crippen LogP contribution in [0.1, 0.15) is 17.5 Å². The summed E-state index contributed by atoms with van der Waals surface area (Å²) in [5.41, 5.74) is 3.03. The van der Waals surface area contributed by atoms with Crippen LogP contribution in [-0.2, 0) is 22.9 Å². The molecule has 0 amide bonds. The predicted molar refractivity (Wildman–Crippen MR) is 91.0 cm³/mol. The Kier molecular flexibility index (Phi) is 3.49. The number of rotatable bonds is 3. The number of aryl methyl sites for hydroxylation is 2. The highest BCUT2D eigenvalue weighted by Crippen LogP contribution is 2.28. The van der Waals surface area contributed by atoms with E-state index in [4.69, 9.17) is 0 Å². The van der Waals surface area contributed by atoms with Crippen LogP contribution in [-0.4, -0.2) is 13.4 Å². The van der Waals surface area contributed by atoms with Gasteiger partial charge in [0, 0.05) is 17.3 Å². The smallest absolute Gasteiger partial charge is 0.262 e. The summed E-state index contributed by atoms with van der Waals surface area (Å²) < 4.78 is 42.0. The van der Waals surface area contributed by atoms with Gasteiger partial charge in [-0.05, 0) is 66.8 Å². The second-order valence-corrected chi connectivity index (χ2v) is 7.54. The zero-order valence-corrected chi connectivity index (χ0v) is 13.6. The number of fused-ring (bicyclic) bond motifs is 2. The van der Waals surface area contributed by atoms with Gasteiger partial charge in [0.15, 0.2) is 0 Å². The Labute approximate surface area is 139 Å². The van der Waals surface area contributed by atoms with Crippen LogP contribution in [0.2, 0.25) is 0 Å². The summed E-state index contributed by atoms with van der Waals surface area (Å²) in [5, 5.41) is 0.270. The molecule has 0 aliphatic heterocycles. The third kappa shape index (κ3) is 2.53. The number of halogens is 1. The molecule has 0 unspecified atom stereocenters. The van der Waals surface area contributed by atoms with Gasteiger partial charge >= 0.3 is 0 Å². The van der Waals surface area contributed by atoms with E-state index < -0.39 is 15.8 Å². The van der Waals surface area contributed by atoms with E-state index in [1.54, 1.807) is 18.2 Å². The number of benzene rings is 2. The molecule has 1 aliphatic carbocycles. The van der Waals surface area contributed by atoms with Gasteiger partial charge in [0.1, 0.15) is 11.3 Å². The average molecular weight is 342 g/mol. The molecule has 0 saturated heterocycles. The minimum Gasteiger partial charge on any atom is -0.280 e. The summed E-state index contributed by atoms with van der Waals surface area (Å²) >= 11 is 0. The highest BCUT2D eigenvalue weighted by atomic mass is 32.2. The van der Waals surface area contributed by atoms with Gasteiger partial charge in [-0.2, -0.15) is 0 Å². The molecular weight excluding hydrogens is 327 g/mol. The summed E-state index contributed by atoms with van der Waals surface area (Å²) in [5.74, 6) is -0.540. The molecule has 0 saturated carbocycles.